The first-order valence-electron chi connectivity index (χ1n) is 15.8. The van der Waals surface area contributed by atoms with Crippen LogP contribution in [0.1, 0.15) is 0 Å². The Hall–Kier alpha value is -6.12. The molecule has 0 saturated carbocycles. The van der Waals surface area contributed by atoms with Crippen molar-refractivity contribution in [1.82, 2.24) is 4.57 Å². The summed E-state index contributed by atoms with van der Waals surface area (Å²) in [5.74, 6) is 0. The van der Waals surface area contributed by atoms with E-state index in [1.54, 1.807) is 0 Å². The molecule has 2 heterocycles. The maximum Gasteiger partial charge on any atom is 0.135 e. The van der Waals surface area contributed by atoms with Gasteiger partial charge in [-0.25, -0.2) is 0 Å². The van der Waals surface area contributed by atoms with Gasteiger partial charge in [0.25, 0.3) is 0 Å². The molecular weight excluding hydrogens is 558 g/mol. The predicted octanol–water partition coefficient (Wildman–Crippen LogP) is 12.3. The zero-order valence-electron chi connectivity index (χ0n) is 24.9. The molecule has 0 fully saturated rings. The molecule has 0 radical (unpaired) electrons. The van der Waals surface area contributed by atoms with Gasteiger partial charge in [-0.15, -0.1) is 0 Å². The molecule has 0 aliphatic carbocycles. The van der Waals surface area contributed by atoms with Gasteiger partial charge in [0, 0.05) is 32.3 Å². The molecule has 0 aliphatic rings. The standard InChI is InChI=1S/C44H27NO/c1-3-16-36-34(14-1)43(29-23-21-28(22-24-29)30-25-26-42-38(27-30)33-13-7-10-20-41(33)46-42)35-15-2-4-17-37(35)44(36)45-39-18-8-5-11-31(39)32-12-6-9-19-40(32)45/h1-27H. The molecule has 2 heteroatoms. The fraction of sp³-hybridized carbons (Fsp3) is 0. The summed E-state index contributed by atoms with van der Waals surface area (Å²) in [6, 6.07) is 59.1. The Bertz CT molecular complexity index is 2690. The third-order valence-corrected chi connectivity index (χ3v) is 9.59. The third kappa shape index (κ3) is 3.59. The van der Waals surface area contributed by atoms with E-state index in [4.69, 9.17) is 4.42 Å². The molecule has 0 aliphatic heterocycles. The van der Waals surface area contributed by atoms with Crippen LogP contribution < -0.4 is 0 Å². The number of fused-ring (bicyclic) bond motifs is 8. The minimum Gasteiger partial charge on any atom is -0.456 e. The Morgan fingerprint density at radius 2 is 0.783 bits per heavy atom. The highest BCUT2D eigenvalue weighted by Gasteiger charge is 2.20. The van der Waals surface area contributed by atoms with Crippen LogP contribution in [0.15, 0.2) is 168 Å². The Kier molecular flexibility index (Phi) is 5.31. The molecule has 0 bridgehead atoms. The van der Waals surface area contributed by atoms with Gasteiger partial charge in [0.2, 0.25) is 0 Å². The van der Waals surface area contributed by atoms with E-state index < -0.39 is 0 Å². The summed E-state index contributed by atoms with van der Waals surface area (Å²) in [6.45, 7) is 0. The zero-order chi connectivity index (χ0) is 30.2. The number of benzene rings is 8. The second-order valence-electron chi connectivity index (χ2n) is 12.1. The molecule has 0 amide bonds. The molecule has 10 rings (SSSR count). The average Bonchev–Trinajstić information content (AvgIpc) is 3.66. The predicted molar refractivity (Wildman–Crippen MR) is 194 cm³/mol. The van der Waals surface area contributed by atoms with Crippen LogP contribution in [0.3, 0.4) is 0 Å². The van der Waals surface area contributed by atoms with Gasteiger partial charge in [-0.2, -0.15) is 0 Å². The minimum absolute atomic E-state index is 0.919. The number of hydrogen-bond donors (Lipinski definition) is 0. The first-order chi connectivity index (χ1) is 22.8. The van der Waals surface area contributed by atoms with E-state index in [9.17, 15) is 0 Å². The van der Waals surface area contributed by atoms with E-state index in [1.165, 1.54) is 71.3 Å². The van der Waals surface area contributed by atoms with E-state index in [1.807, 2.05) is 12.1 Å². The first kappa shape index (κ1) is 25.2. The maximum atomic E-state index is 6.08. The average molecular weight is 586 g/mol. The largest absolute Gasteiger partial charge is 0.456 e. The van der Waals surface area contributed by atoms with E-state index >= 15 is 0 Å². The minimum atomic E-state index is 0.919. The van der Waals surface area contributed by atoms with Crippen molar-refractivity contribution in [3.63, 3.8) is 0 Å². The molecule has 10 aromatic rings. The smallest absolute Gasteiger partial charge is 0.135 e. The van der Waals surface area contributed by atoms with E-state index in [-0.39, 0.29) is 0 Å². The quantitative estimate of drug-likeness (QED) is 0.189. The lowest BCUT2D eigenvalue weighted by Crippen LogP contribution is -1.99. The van der Waals surface area contributed by atoms with Gasteiger partial charge in [-0.05, 0) is 63.4 Å². The van der Waals surface area contributed by atoms with Crippen LogP contribution in [-0.4, -0.2) is 4.57 Å². The lowest BCUT2D eigenvalue weighted by Gasteiger charge is -2.19. The zero-order valence-corrected chi connectivity index (χ0v) is 24.9. The molecule has 214 valence electrons. The highest BCUT2D eigenvalue weighted by molar-refractivity contribution is 6.21. The van der Waals surface area contributed by atoms with Crippen LogP contribution in [0, 0.1) is 0 Å². The summed E-state index contributed by atoms with van der Waals surface area (Å²) in [5, 5.41) is 9.81. The van der Waals surface area contributed by atoms with Crippen LogP contribution in [-0.2, 0) is 0 Å². The van der Waals surface area contributed by atoms with Crippen LogP contribution in [0.25, 0.3) is 93.2 Å². The Balaban J connectivity index is 1.20. The summed E-state index contributed by atoms with van der Waals surface area (Å²) >= 11 is 0. The Morgan fingerprint density at radius 3 is 1.41 bits per heavy atom. The summed E-state index contributed by atoms with van der Waals surface area (Å²) in [5.41, 5.74) is 10.4. The van der Waals surface area contributed by atoms with Crippen molar-refractivity contribution < 1.29 is 4.42 Å². The van der Waals surface area contributed by atoms with Crippen molar-refractivity contribution >= 4 is 65.3 Å². The van der Waals surface area contributed by atoms with Crippen molar-refractivity contribution in [2.45, 2.75) is 0 Å². The molecule has 0 N–H and O–H groups in total. The summed E-state index contributed by atoms with van der Waals surface area (Å²) in [7, 11) is 0. The lowest BCUT2D eigenvalue weighted by molar-refractivity contribution is 0.669. The van der Waals surface area contributed by atoms with Crippen LogP contribution in [0.4, 0.5) is 0 Å². The second-order valence-corrected chi connectivity index (χ2v) is 12.1. The Morgan fingerprint density at radius 1 is 0.326 bits per heavy atom. The monoisotopic (exact) mass is 585 g/mol. The molecule has 0 spiro atoms. The number of aromatic nitrogens is 1. The van der Waals surface area contributed by atoms with E-state index in [2.05, 4.69) is 156 Å². The van der Waals surface area contributed by atoms with Gasteiger partial charge in [0.1, 0.15) is 11.2 Å². The second kappa shape index (κ2) is 9.69. The topological polar surface area (TPSA) is 18.1 Å². The third-order valence-electron chi connectivity index (χ3n) is 9.59. The molecule has 0 atom stereocenters. The van der Waals surface area contributed by atoms with E-state index in [0.717, 1.165) is 21.9 Å². The number of nitrogens with zero attached hydrogens (tertiary/aromatic N) is 1. The van der Waals surface area contributed by atoms with Crippen molar-refractivity contribution in [2.75, 3.05) is 0 Å². The van der Waals surface area contributed by atoms with Gasteiger partial charge in [0.15, 0.2) is 0 Å². The molecule has 2 nitrogen and oxygen atoms in total. The van der Waals surface area contributed by atoms with Crippen molar-refractivity contribution in [1.29, 1.82) is 0 Å². The van der Waals surface area contributed by atoms with Gasteiger partial charge in [0.05, 0.1) is 16.7 Å². The molecule has 2 aromatic heterocycles. The fourth-order valence-corrected chi connectivity index (χ4v) is 7.56. The van der Waals surface area contributed by atoms with Gasteiger partial charge in [-0.1, -0.05) is 133 Å². The van der Waals surface area contributed by atoms with Crippen LogP contribution in [0.5, 0.6) is 0 Å². The summed E-state index contributed by atoms with van der Waals surface area (Å²) < 4.78 is 8.55. The van der Waals surface area contributed by atoms with Crippen LogP contribution in [0.2, 0.25) is 0 Å². The number of rotatable bonds is 3. The van der Waals surface area contributed by atoms with E-state index in [0.29, 0.717) is 0 Å². The normalized spacial score (nSPS) is 11.9. The summed E-state index contributed by atoms with van der Waals surface area (Å²) in [6.07, 6.45) is 0. The van der Waals surface area contributed by atoms with Gasteiger partial charge < -0.3 is 8.98 Å². The Labute approximate surface area is 265 Å². The van der Waals surface area contributed by atoms with Crippen molar-refractivity contribution in [2.24, 2.45) is 0 Å². The van der Waals surface area contributed by atoms with Gasteiger partial charge >= 0.3 is 0 Å². The molecule has 0 unspecified atom stereocenters. The molecular formula is C44H27NO. The van der Waals surface area contributed by atoms with Gasteiger partial charge in [-0.3, -0.25) is 0 Å². The van der Waals surface area contributed by atoms with Crippen molar-refractivity contribution in [3.8, 4) is 27.9 Å². The fourth-order valence-electron chi connectivity index (χ4n) is 7.56. The van der Waals surface area contributed by atoms with Crippen molar-refractivity contribution in [3.05, 3.63) is 164 Å². The van der Waals surface area contributed by atoms with Crippen LogP contribution >= 0.6 is 0 Å². The SMILES string of the molecule is c1ccc2c(c1)oc1ccc(-c3ccc(-c4c5ccccc5c(-n5c6ccccc6c6ccccc65)c5ccccc45)cc3)cc12. The number of hydrogen-bond acceptors (Lipinski definition) is 1. The molecule has 0 saturated heterocycles. The highest BCUT2D eigenvalue weighted by Crippen LogP contribution is 2.44. The summed E-state index contributed by atoms with van der Waals surface area (Å²) in [4.78, 5) is 0. The molecule has 8 aromatic carbocycles. The maximum absolute atomic E-state index is 6.08. The lowest BCUT2D eigenvalue weighted by atomic mass is 9.89. The number of furan rings is 1. The first-order valence-corrected chi connectivity index (χ1v) is 15.8. The number of para-hydroxylation sites is 3. The molecule has 46 heavy (non-hydrogen) atoms. The highest BCUT2D eigenvalue weighted by atomic mass is 16.3.